The molecule has 0 radical (unpaired) electrons. The lowest BCUT2D eigenvalue weighted by Gasteiger charge is -2.32. The van der Waals surface area contributed by atoms with Gasteiger partial charge in [-0.1, -0.05) is 11.2 Å². The first-order valence-corrected chi connectivity index (χ1v) is 17.4. The molecule has 2 aliphatic heterocycles. The quantitative estimate of drug-likeness (QED) is 0.221. The summed E-state index contributed by atoms with van der Waals surface area (Å²) >= 11 is 0. The molecule has 46 heavy (non-hydrogen) atoms. The maximum atomic E-state index is 13.7. The van der Waals surface area contributed by atoms with Gasteiger partial charge >= 0.3 is 5.69 Å². The molecule has 2 saturated carbocycles. The third-order valence-electron chi connectivity index (χ3n) is 11.3. The number of likely N-dealkylation sites (tertiary alicyclic amines) is 2. The zero-order valence-corrected chi connectivity index (χ0v) is 27.1. The smallest absolute Gasteiger partial charge is 0.328 e. The van der Waals surface area contributed by atoms with E-state index in [0.29, 0.717) is 29.5 Å². The normalized spacial score (nSPS) is 25.8. The van der Waals surface area contributed by atoms with Crippen molar-refractivity contribution < 1.29 is 14.1 Å². The van der Waals surface area contributed by atoms with Crippen LogP contribution in [0.2, 0.25) is 0 Å². The number of ketones is 2. The van der Waals surface area contributed by atoms with E-state index in [1.807, 2.05) is 54.9 Å². The van der Waals surface area contributed by atoms with Gasteiger partial charge < -0.3 is 14.3 Å². The zero-order chi connectivity index (χ0) is 31.5. The second-order valence-corrected chi connectivity index (χ2v) is 14.8. The van der Waals surface area contributed by atoms with Crippen molar-refractivity contribution in [3.05, 3.63) is 63.7 Å². The number of aryl methyl sites for hydroxylation is 2. The third-order valence-corrected chi connectivity index (χ3v) is 11.3. The number of nitrogens with zero attached hydrogens (tertiary/aromatic N) is 5. The van der Waals surface area contributed by atoms with Crippen molar-refractivity contribution in [1.29, 1.82) is 0 Å². The van der Waals surface area contributed by atoms with Crippen molar-refractivity contribution in [1.82, 2.24) is 24.1 Å². The first-order chi connectivity index (χ1) is 22.3. The Bertz CT molecular complexity index is 1860. The predicted molar refractivity (Wildman–Crippen MR) is 177 cm³/mol. The molecular weight excluding hydrogens is 578 g/mol. The topological polar surface area (TPSA) is 93.6 Å². The number of piperidine rings is 2. The van der Waals surface area contributed by atoms with Crippen LogP contribution in [0.15, 0.2) is 45.7 Å². The molecule has 9 heteroatoms. The molecule has 2 aromatic heterocycles. The molecule has 0 bridgehead atoms. The van der Waals surface area contributed by atoms with Crippen LogP contribution < -0.4 is 5.69 Å². The van der Waals surface area contributed by atoms with Gasteiger partial charge in [0, 0.05) is 68.1 Å². The van der Waals surface area contributed by atoms with E-state index >= 15 is 0 Å². The minimum atomic E-state index is -0.0194. The molecule has 4 aliphatic rings. The first kappa shape index (κ1) is 29.8. The highest BCUT2D eigenvalue weighted by atomic mass is 16.5. The van der Waals surface area contributed by atoms with E-state index in [0.717, 1.165) is 105 Å². The molecule has 4 unspecified atom stereocenters. The number of rotatable bonds is 10. The van der Waals surface area contributed by atoms with Gasteiger partial charge in [-0.2, -0.15) is 0 Å². The molecule has 0 amide bonds. The van der Waals surface area contributed by atoms with E-state index in [-0.39, 0.29) is 29.1 Å². The van der Waals surface area contributed by atoms with E-state index in [1.54, 1.807) is 4.57 Å². The predicted octanol–water partition coefficient (Wildman–Crippen LogP) is 5.33. The van der Waals surface area contributed by atoms with E-state index in [1.165, 1.54) is 12.8 Å². The summed E-state index contributed by atoms with van der Waals surface area (Å²) in [5.41, 5.74) is 4.69. The number of carbonyl (C=O) groups is 2. The van der Waals surface area contributed by atoms with Crippen molar-refractivity contribution >= 4 is 33.6 Å². The summed E-state index contributed by atoms with van der Waals surface area (Å²) in [5, 5.41) is 4.98. The summed E-state index contributed by atoms with van der Waals surface area (Å²) in [5.74, 6) is 2.19. The molecule has 9 nitrogen and oxygen atoms in total. The van der Waals surface area contributed by atoms with Gasteiger partial charge in [0.2, 0.25) is 0 Å². The summed E-state index contributed by atoms with van der Waals surface area (Å²) < 4.78 is 9.04. The maximum absolute atomic E-state index is 13.7. The lowest BCUT2D eigenvalue weighted by Crippen LogP contribution is -2.40. The largest absolute Gasteiger partial charge is 0.356 e. The summed E-state index contributed by atoms with van der Waals surface area (Å²) in [6, 6.07) is 11.6. The Balaban J connectivity index is 0.917. The average Bonchev–Trinajstić information content (AvgIpc) is 3.99. The van der Waals surface area contributed by atoms with Crippen LogP contribution in [0.1, 0.15) is 71.4 Å². The zero-order valence-electron chi connectivity index (χ0n) is 27.1. The minimum Gasteiger partial charge on any atom is -0.356 e. The monoisotopic (exact) mass is 623 g/mol. The highest BCUT2D eigenvalue weighted by molar-refractivity contribution is 6.01. The van der Waals surface area contributed by atoms with Gasteiger partial charge in [-0.3, -0.25) is 18.7 Å². The van der Waals surface area contributed by atoms with Crippen molar-refractivity contribution in [2.45, 2.75) is 58.4 Å². The van der Waals surface area contributed by atoms with Gasteiger partial charge in [0.1, 0.15) is 0 Å². The molecule has 4 fully saturated rings. The van der Waals surface area contributed by atoms with Crippen molar-refractivity contribution in [2.75, 3.05) is 39.3 Å². The van der Waals surface area contributed by atoms with Crippen LogP contribution in [0.3, 0.4) is 0 Å². The Labute approximate surface area is 269 Å². The standard InChI is InChI=1S/C37H45N5O4/c1-23-31-11-9-26(17-34(31)46-38-23)36(44)28-6-4-14-41(20-28)21-29-15-30(29)22-42-33-16-25(10-12-32(33)39(2)37(42)45)35(43)27-5-3-13-40(19-27)18-24-7-8-24/h9-12,16-17,24,27-30H,3-8,13-15,18-22H2,1-2H3. The number of fused-ring (bicyclic) bond motifs is 2. The van der Waals surface area contributed by atoms with E-state index in [9.17, 15) is 14.4 Å². The van der Waals surface area contributed by atoms with Gasteiger partial charge in [-0.15, -0.1) is 0 Å². The van der Waals surface area contributed by atoms with Gasteiger partial charge in [0.05, 0.1) is 16.7 Å². The van der Waals surface area contributed by atoms with Gasteiger partial charge in [-0.25, -0.2) is 4.79 Å². The minimum absolute atomic E-state index is 0.0129. The lowest BCUT2D eigenvalue weighted by molar-refractivity contribution is 0.0807. The summed E-state index contributed by atoms with van der Waals surface area (Å²) in [4.78, 5) is 45.5. The number of aromatic nitrogens is 3. The van der Waals surface area contributed by atoms with Crippen molar-refractivity contribution in [2.24, 2.45) is 36.6 Å². The first-order valence-electron chi connectivity index (χ1n) is 17.4. The highest BCUT2D eigenvalue weighted by Crippen LogP contribution is 2.41. The number of imidazole rings is 1. The molecule has 242 valence electrons. The van der Waals surface area contributed by atoms with Gasteiger partial charge in [-0.05, 0) is 113 Å². The summed E-state index contributed by atoms with van der Waals surface area (Å²) in [6.07, 6.45) is 7.69. The molecule has 2 aromatic carbocycles. The maximum Gasteiger partial charge on any atom is 0.328 e. The fraction of sp³-hybridized carbons (Fsp3) is 0.568. The number of carbonyl (C=O) groups excluding carboxylic acids is 2. The number of benzene rings is 2. The molecule has 4 aromatic rings. The van der Waals surface area contributed by atoms with E-state index < -0.39 is 0 Å². The average molecular weight is 624 g/mol. The van der Waals surface area contributed by atoms with E-state index in [2.05, 4.69) is 15.0 Å². The van der Waals surface area contributed by atoms with Crippen LogP contribution in [-0.2, 0) is 13.6 Å². The van der Waals surface area contributed by atoms with Crippen LogP contribution in [0.4, 0.5) is 0 Å². The Morgan fingerprint density at radius 3 is 2.20 bits per heavy atom. The van der Waals surface area contributed by atoms with Gasteiger partial charge in [0.15, 0.2) is 17.1 Å². The van der Waals surface area contributed by atoms with Crippen LogP contribution in [0.5, 0.6) is 0 Å². The number of hydrogen-bond donors (Lipinski definition) is 0. The summed E-state index contributed by atoms with van der Waals surface area (Å²) in [6.45, 7) is 8.42. The van der Waals surface area contributed by atoms with E-state index in [4.69, 9.17) is 4.52 Å². The third kappa shape index (κ3) is 5.77. The second kappa shape index (κ2) is 11.9. The van der Waals surface area contributed by atoms with Crippen LogP contribution in [-0.4, -0.2) is 74.9 Å². The SMILES string of the molecule is Cc1noc2cc(C(=O)C3CCCN(CC4CC4Cn4c(=O)n(C)c5ccc(C(=O)C6CCCN(CC7CC7)C6)cc54)C3)ccc12. The number of hydrogen-bond acceptors (Lipinski definition) is 7. The van der Waals surface area contributed by atoms with Crippen LogP contribution >= 0.6 is 0 Å². The Kier molecular flexibility index (Phi) is 7.72. The fourth-order valence-corrected chi connectivity index (χ4v) is 8.29. The molecule has 0 spiro atoms. The summed E-state index contributed by atoms with van der Waals surface area (Å²) in [7, 11) is 1.83. The fourth-order valence-electron chi connectivity index (χ4n) is 8.29. The number of Topliss-reactive ketones (excluding diaryl/α,β-unsaturated/α-hetero) is 2. The molecule has 2 aliphatic carbocycles. The molecule has 4 atom stereocenters. The Hall–Kier alpha value is -3.56. The Morgan fingerprint density at radius 2 is 1.48 bits per heavy atom. The van der Waals surface area contributed by atoms with Crippen molar-refractivity contribution in [3.8, 4) is 0 Å². The lowest BCUT2D eigenvalue weighted by atomic mass is 9.89. The molecule has 2 saturated heterocycles. The molecular formula is C37H45N5O4. The van der Waals surface area contributed by atoms with Crippen molar-refractivity contribution in [3.63, 3.8) is 0 Å². The highest BCUT2D eigenvalue weighted by Gasteiger charge is 2.40. The molecule has 8 rings (SSSR count). The van der Waals surface area contributed by atoms with Crippen LogP contribution in [0.25, 0.3) is 22.0 Å². The molecule has 0 N–H and O–H groups in total. The Morgan fingerprint density at radius 1 is 0.826 bits per heavy atom. The van der Waals surface area contributed by atoms with Crippen LogP contribution in [0, 0.1) is 36.5 Å². The molecule has 4 heterocycles. The van der Waals surface area contributed by atoms with Gasteiger partial charge in [0.25, 0.3) is 0 Å². The second-order valence-electron chi connectivity index (χ2n) is 14.8.